The number of hydrogen-bond donors (Lipinski definition) is 1. The van der Waals surface area contributed by atoms with Crippen molar-refractivity contribution in [2.75, 3.05) is 20.2 Å². The summed E-state index contributed by atoms with van der Waals surface area (Å²) >= 11 is 0. The predicted octanol–water partition coefficient (Wildman–Crippen LogP) is 1.53. The van der Waals surface area contributed by atoms with Crippen LogP contribution in [0.5, 0.6) is 0 Å². The third kappa shape index (κ3) is 3.59. The van der Waals surface area contributed by atoms with Gasteiger partial charge in [0.25, 0.3) is 0 Å². The molecule has 0 aromatic rings. The van der Waals surface area contributed by atoms with Crippen molar-refractivity contribution in [2.45, 2.75) is 56.2 Å². The molecule has 2 saturated carbocycles. The van der Waals surface area contributed by atoms with Gasteiger partial charge in [-0.3, -0.25) is 4.79 Å². The molecule has 0 spiro atoms. The van der Waals surface area contributed by atoms with E-state index in [9.17, 15) is 13.2 Å². The van der Waals surface area contributed by atoms with E-state index in [1.807, 2.05) is 0 Å². The molecule has 0 bridgehead atoms. The van der Waals surface area contributed by atoms with E-state index in [2.05, 4.69) is 0 Å². The lowest BCUT2D eigenvalue weighted by molar-refractivity contribution is -0.146. The summed E-state index contributed by atoms with van der Waals surface area (Å²) < 4.78 is 32.8. The average Bonchev–Trinajstić information content (AvgIpc) is 3.00. The van der Waals surface area contributed by atoms with Crippen LogP contribution in [0.3, 0.4) is 0 Å². The first-order valence-electron chi connectivity index (χ1n) is 8.77. The quantitative estimate of drug-likeness (QED) is 0.750. The molecule has 2 N–H and O–H groups in total. The van der Waals surface area contributed by atoms with Crippen molar-refractivity contribution < 1.29 is 17.9 Å². The maximum atomic E-state index is 13.1. The highest BCUT2D eigenvalue weighted by atomic mass is 35.5. The molecule has 0 aromatic carbocycles. The summed E-state index contributed by atoms with van der Waals surface area (Å²) in [7, 11) is -2.13. The maximum Gasteiger partial charge on any atom is 0.310 e. The molecule has 0 aromatic heterocycles. The predicted molar refractivity (Wildman–Crippen MR) is 94.3 cm³/mol. The van der Waals surface area contributed by atoms with Crippen molar-refractivity contribution in [3.63, 3.8) is 0 Å². The number of nitrogens with two attached hydrogens (primary N) is 1. The summed E-state index contributed by atoms with van der Waals surface area (Å²) in [5, 5.41) is -0.625. The summed E-state index contributed by atoms with van der Waals surface area (Å²) in [5.74, 6) is -0.242. The first-order chi connectivity index (χ1) is 10.9. The molecule has 5 unspecified atom stereocenters. The van der Waals surface area contributed by atoms with Gasteiger partial charge in [0.15, 0.2) is 0 Å². The van der Waals surface area contributed by atoms with Crippen LogP contribution in [0.25, 0.3) is 0 Å². The van der Waals surface area contributed by atoms with E-state index in [1.54, 1.807) is 4.31 Å². The van der Waals surface area contributed by atoms with Crippen molar-refractivity contribution in [3.8, 4) is 0 Å². The van der Waals surface area contributed by atoms with Gasteiger partial charge in [-0.15, -0.1) is 12.4 Å². The van der Waals surface area contributed by atoms with E-state index in [0.717, 1.165) is 32.1 Å². The zero-order valence-corrected chi connectivity index (χ0v) is 15.9. The summed E-state index contributed by atoms with van der Waals surface area (Å²) in [6.45, 7) is 1.10. The van der Waals surface area contributed by atoms with E-state index >= 15 is 0 Å². The van der Waals surface area contributed by atoms with E-state index in [1.165, 1.54) is 7.11 Å². The molecule has 3 rings (SSSR count). The number of ether oxygens (including phenoxy) is 1. The van der Waals surface area contributed by atoms with Crippen molar-refractivity contribution in [1.29, 1.82) is 0 Å². The Balaban J connectivity index is 0.00000208. The number of sulfonamides is 1. The van der Waals surface area contributed by atoms with Gasteiger partial charge in [0, 0.05) is 19.1 Å². The minimum Gasteiger partial charge on any atom is -0.469 e. The van der Waals surface area contributed by atoms with Gasteiger partial charge in [0.05, 0.1) is 18.3 Å². The van der Waals surface area contributed by atoms with E-state index in [-0.39, 0.29) is 30.3 Å². The molecular formula is C16H29ClN2O4S. The smallest absolute Gasteiger partial charge is 0.310 e. The van der Waals surface area contributed by atoms with Gasteiger partial charge in [-0.2, -0.15) is 0 Å². The second-order valence-corrected chi connectivity index (χ2v) is 9.49. The summed E-state index contributed by atoms with van der Waals surface area (Å²) in [4.78, 5) is 12.0. The molecule has 140 valence electrons. The summed E-state index contributed by atoms with van der Waals surface area (Å²) in [6.07, 6.45) is 6.06. The highest BCUT2D eigenvalue weighted by molar-refractivity contribution is 7.89. The Hall–Kier alpha value is -0.370. The molecule has 3 fully saturated rings. The Kier molecular flexibility index (Phi) is 6.56. The Morgan fingerprint density at radius 1 is 1.08 bits per heavy atom. The van der Waals surface area contributed by atoms with Crippen LogP contribution in [0.4, 0.5) is 0 Å². The minimum atomic E-state index is -3.47. The molecule has 1 heterocycles. The Labute approximate surface area is 150 Å². The van der Waals surface area contributed by atoms with Crippen LogP contribution in [0.1, 0.15) is 44.9 Å². The molecule has 24 heavy (non-hydrogen) atoms. The van der Waals surface area contributed by atoms with Gasteiger partial charge in [-0.1, -0.05) is 19.3 Å². The lowest BCUT2D eigenvalue weighted by atomic mass is 9.78. The number of carbonyl (C=O) groups excluding carboxylic acids is 1. The molecule has 1 saturated heterocycles. The lowest BCUT2D eigenvalue weighted by Crippen LogP contribution is -2.46. The Bertz CT molecular complexity index is 556. The van der Waals surface area contributed by atoms with Crippen LogP contribution >= 0.6 is 12.4 Å². The zero-order valence-electron chi connectivity index (χ0n) is 14.2. The minimum absolute atomic E-state index is 0. The van der Waals surface area contributed by atoms with Crippen LogP contribution in [-0.4, -0.2) is 50.2 Å². The Morgan fingerprint density at radius 3 is 2.46 bits per heavy atom. The molecule has 0 radical (unpaired) electrons. The largest absolute Gasteiger partial charge is 0.469 e. The second kappa shape index (κ2) is 7.89. The van der Waals surface area contributed by atoms with Gasteiger partial charge in [-0.05, 0) is 37.5 Å². The van der Waals surface area contributed by atoms with Gasteiger partial charge in [0.2, 0.25) is 10.0 Å². The molecular weight excluding hydrogens is 352 g/mol. The number of nitrogens with zero attached hydrogens (tertiary/aromatic N) is 1. The van der Waals surface area contributed by atoms with Crippen LogP contribution < -0.4 is 5.73 Å². The topological polar surface area (TPSA) is 89.7 Å². The van der Waals surface area contributed by atoms with Crippen LogP contribution in [0, 0.1) is 17.8 Å². The number of methoxy groups -OCH3 is 1. The lowest BCUT2D eigenvalue weighted by Gasteiger charge is -2.32. The van der Waals surface area contributed by atoms with E-state index in [4.69, 9.17) is 10.5 Å². The Morgan fingerprint density at radius 2 is 1.79 bits per heavy atom. The average molecular weight is 381 g/mol. The van der Waals surface area contributed by atoms with Crippen LogP contribution in [0.2, 0.25) is 0 Å². The molecule has 8 heteroatoms. The number of halogens is 1. The number of fused-ring (bicyclic) bond motifs is 1. The molecule has 6 nitrogen and oxygen atoms in total. The number of rotatable bonds is 3. The summed E-state index contributed by atoms with van der Waals surface area (Å²) in [6, 6.07) is 0.108. The van der Waals surface area contributed by atoms with Gasteiger partial charge >= 0.3 is 5.97 Å². The van der Waals surface area contributed by atoms with Crippen molar-refractivity contribution in [1.82, 2.24) is 4.31 Å². The molecule has 2 aliphatic carbocycles. The first-order valence-corrected chi connectivity index (χ1v) is 10.3. The molecule has 3 aliphatic rings. The highest BCUT2D eigenvalue weighted by Gasteiger charge is 2.48. The van der Waals surface area contributed by atoms with Gasteiger partial charge < -0.3 is 10.5 Å². The van der Waals surface area contributed by atoms with Gasteiger partial charge in [0.1, 0.15) is 0 Å². The van der Waals surface area contributed by atoms with E-state index in [0.29, 0.717) is 31.8 Å². The van der Waals surface area contributed by atoms with Crippen LogP contribution in [0.15, 0.2) is 0 Å². The normalized spacial score (nSPS) is 37.3. The fourth-order valence-corrected chi connectivity index (χ4v) is 7.04. The highest BCUT2D eigenvalue weighted by Crippen LogP contribution is 2.40. The third-order valence-corrected chi connectivity index (χ3v) is 8.42. The van der Waals surface area contributed by atoms with Crippen molar-refractivity contribution in [2.24, 2.45) is 23.5 Å². The van der Waals surface area contributed by atoms with Crippen molar-refractivity contribution in [3.05, 3.63) is 0 Å². The maximum absolute atomic E-state index is 13.1. The number of carbonyl (C=O) groups is 1. The zero-order chi connectivity index (χ0) is 16.6. The number of hydrogen-bond acceptors (Lipinski definition) is 5. The number of esters is 1. The van der Waals surface area contributed by atoms with Crippen LogP contribution in [-0.2, 0) is 19.6 Å². The fraction of sp³-hybridized carbons (Fsp3) is 0.938. The SMILES string of the molecule is COC(=O)C1CCCCC1S(=O)(=O)N1CC2CCCC(N)C2C1.Cl. The van der Waals surface area contributed by atoms with Crippen molar-refractivity contribution >= 4 is 28.4 Å². The standard InChI is InChI=1S/C16H28N2O4S.ClH/c1-22-16(19)12-6-2-3-8-15(12)23(20,21)18-9-11-5-4-7-14(17)13(11)10-18;/h11-15H,2-10,17H2,1H3;1H. The second-order valence-electron chi connectivity index (χ2n) is 7.33. The van der Waals surface area contributed by atoms with Gasteiger partial charge in [-0.25, -0.2) is 12.7 Å². The third-order valence-electron chi connectivity index (χ3n) is 6.07. The molecule has 0 amide bonds. The molecule has 5 atom stereocenters. The fourth-order valence-electron chi connectivity index (χ4n) is 4.75. The monoisotopic (exact) mass is 380 g/mol. The molecule has 1 aliphatic heterocycles. The summed E-state index contributed by atoms with van der Waals surface area (Å²) in [5.41, 5.74) is 6.21. The van der Waals surface area contributed by atoms with E-state index < -0.39 is 21.2 Å². The first kappa shape index (κ1) is 19.9.